The van der Waals surface area contributed by atoms with Crippen LogP contribution in [0.2, 0.25) is 0 Å². The van der Waals surface area contributed by atoms with Crippen LogP contribution in [0.15, 0.2) is 39.9 Å². The number of rotatable bonds is 3. The summed E-state index contributed by atoms with van der Waals surface area (Å²) in [5.41, 5.74) is -0.999. The van der Waals surface area contributed by atoms with Gasteiger partial charge in [-0.05, 0) is 25.1 Å². The molecule has 9 heteroatoms. The molecule has 0 spiro atoms. The number of H-pyrrole nitrogens is 1. The molecular weight excluding hydrogens is 349 g/mol. The van der Waals surface area contributed by atoms with Crippen molar-refractivity contribution in [3.05, 3.63) is 56.7 Å². The van der Waals surface area contributed by atoms with E-state index in [0.717, 1.165) is 16.7 Å². The van der Waals surface area contributed by atoms with E-state index in [4.69, 9.17) is 0 Å². The number of piperazine rings is 1. The van der Waals surface area contributed by atoms with Crippen LogP contribution in [-0.4, -0.2) is 35.7 Å². The molecule has 3 rings (SSSR count). The highest BCUT2D eigenvalue weighted by Gasteiger charge is 2.31. The van der Waals surface area contributed by atoms with Gasteiger partial charge in [0.15, 0.2) is 0 Å². The summed E-state index contributed by atoms with van der Waals surface area (Å²) in [5, 5.41) is 0. The molecule has 0 unspecified atom stereocenters. The van der Waals surface area contributed by atoms with Crippen LogP contribution in [0.1, 0.15) is 12.5 Å². The van der Waals surface area contributed by atoms with Gasteiger partial charge in [-0.2, -0.15) is 13.2 Å². The van der Waals surface area contributed by atoms with E-state index < -0.39 is 17.4 Å². The van der Waals surface area contributed by atoms with Gasteiger partial charge in [-0.3, -0.25) is 14.3 Å². The van der Waals surface area contributed by atoms with Crippen LogP contribution in [-0.2, 0) is 12.7 Å². The molecule has 1 aliphatic rings. The summed E-state index contributed by atoms with van der Waals surface area (Å²) < 4.78 is 39.7. The molecule has 0 radical (unpaired) electrons. The van der Waals surface area contributed by atoms with Crippen molar-refractivity contribution in [2.24, 2.45) is 0 Å². The van der Waals surface area contributed by atoms with Crippen molar-refractivity contribution in [3.63, 3.8) is 0 Å². The van der Waals surface area contributed by atoms with Crippen molar-refractivity contribution in [3.8, 4) is 0 Å². The maximum Gasteiger partial charge on any atom is 0.416 e. The molecule has 0 amide bonds. The summed E-state index contributed by atoms with van der Waals surface area (Å²) >= 11 is 0. The third-order valence-electron chi connectivity index (χ3n) is 4.48. The van der Waals surface area contributed by atoms with E-state index in [9.17, 15) is 22.8 Å². The molecule has 1 fully saturated rings. The molecule has 2 aromatic rings. The van der Waals surface area contributed by atoms with E-state index in [2.05, 4.69) is 4.98 Å². The number of aromatic amines is 1. The fourth-order valence-corrected chi connectivity index (χ4v) is 3.06. The lowest BCUT2D eigenvalue weighted by Gasteiger charge is -2.37. The maximum absolute atomic E-state index is 12.9. The Bertz CT molecular complexity index is 865. The number of nitrogens with zero attached hydrogens (tertiary/aromatic N) is 3. The second-order valence-electron chi connectivity index (χ2n) is 6.06. The summed E-state index contributed by atoms with van der Waals surface area (Å²) in [6, 6.07) is 6.61. The first-order chi connectivity index (χ1) is 12.3. The van der Waals surface area contributed by atoms with Gasteiger partial charge >= 0.3 is 11.9 Å². The first-order valence-electron chi connectivity index (χ1n) is 8.31. The van der Waals surface area contributed by atoms with Crippen molar-refractivity contribution < 1.29 is 13.2 Å². The van der Waals surface area contributed by atoms with Crippen LogP contribution in [0.25, 0.3) is 0 Å². The van der Waals surface area contributed by atoms with Crippen LogP contribution in [0.4, 0.5) is 24.7 Å². The lowest BCUT2D eigenvalue weighted by Crippen LogP contribution is -2.48. The van der Waals surface area contributed by atoms with E-state index in [1.165, 1.54) is 12.1 Å². The van der Waals surface area contributed by atoms with E-state index in [0.29, 0.717) is 37.7 Å². The van der Waals surface area contributed by atoms with Crippen molar-refractivity contribution in [1.29, 1.82) is 0 Å². The number of anilines is 2. The number of alkyl halides is 3. The standard InChI is InChI=1S/C17H19F3N4O2/c1-2-24-15(25)11-14(21-16(24)26)23-8-6-22(7-9-23)13-5-3-4-12(10-13)17(18,19)20/h3-5,10-11H,2,6-9H2,1H3,(H,21,26). The molecule has 1 N–H and O–H groups in total. The Morgan fingerprint density at radius 1 is 1.04 bits per heavy atom. The largest absolute Gasteiger partial charge is 0.416 e. The van der Waals surface area contributed by atoms with Crippen molar-refractivity contribution in [2.75, 3.05) is 36.0 Å². The average molecular weight is 368 g/mol. The molecular formula is C17H19F3N4O2. The van der Waals surface area contributed by atoms with Gasteiger partial charge in [-0.25, -0.2) is 4.79 Å². The summed E-state index contributed by atoms with van der Waals surface area (Å²) in [4.78, 5) is 30.3. The van der Waals surface area contributed by atoms with Crippen molar-refractivity contribution in [2.45, 2.75) is 19.6 Å². The fourth-order valence-electron chi connectivity index (χ4n) is 3.06. The lowest BCUT2D eigenvalue weighted by atomic mass is 10.1. The highest BCUT2D eigenvalue weighted by atomic mass is 19.4. The van der Waals surface area contributed by atoms with Crippen molar-refractivity contribution in [1.82, 2.24) is 9.55 Å². The minimum absolute atomic E-state index is 0.289. The highest BCUT2D eigenvalue weighted by molar-refractivity contribution is 5.51. The molecule has 140 valence electrons. The smallest absolute Gasteiger partial charge is 0.368 e. The minimum Gasteiger partial charge on any atom is -0.368 e. The molecule has 1 aliphatic heterocycles. The summed E-state index contributed by atoms with van der Waals surface area (Å²) in [5.74, 6) is 0.438. The maximum atomic E-state index is 12.9. The minimum atomic E-state index is -4.37. The Morgan fingerprint density at radius 2 is 1.69 bits per heavy atom. The molecule has 6 nitrogen and oxygen atoms in total. The van der Waals surface area contributed by atoms with E-state index >= 15 is 0 Å². The quantitative estimate of drug-likeness (QED) is 0.899. The van der Waals surface area contributed by atoms with E-state index in [-0.39, 0.29) is 12.1 Å². The molecule has 26 heavy (non-hydrogen) atoms. The first-order valence-corrected chi connectivity index (χ1v) is 8.31. The van der Waals surface area contributed by atoms with Crippen LogP contribution >= 0.6 is 0 Å². The fraction of sp³-hybridized carbons (Fsp3) is 0.412. The third kappa shape index (κ3) is 3.61. The third-order valence-corrected chi connectivity index (χ3v) is 4.48. The summed E-state index contributed by atoms with van der Waals surface area (Å²) in [7, 11) is 0. The van der Waals surface area contributed by atoms with Gasteiger partial charge < -0.3 is 9.80 Å². The first kappa shape index (κ1) is 18.1. The Balaban J connectivity index is 1.74. The number of halogens is 3. The van der Waals surface area contributed by atoms with Crippen LogP contribution in [0, 0.1) is 0 Å². The highest BCUT2D eigenvalue weighted by Crippen LogP contribution is 2.32. The predicted octanol–water partition coefficient (Wildman–Crippen LogP) is 1.90. The second-order valence-corrected chi connectivity index (χ2v) is 6.06. The summed E-state index contributed by atoms with van der Waals surface area (Å²) in [6.07, 6.45) is -4.37. The van der Waals surface area contributed by atoms with Gasteiger partial charge in [0.1, 0.15) is 5.82 Å². The normalized spacial score (nSPS) is 15.4. The van der Waals surface area contributed by atoms with Gasteiger partial charge in [-0.15, -0.1) is 0 Å². The van der Waals surface area contributed by atoms with Gasteiger partial charge in [-0.1, -0.05) is 6.07 Å². The second kappa shape index (κ2) is 6.89. The van der Waals surface area contributed by atoms with Gasteiger partial charge in [0, 0.05) is 44.5 Å². The number of benzene rings is 1. The van der Waals surface area contributed by atoms with Crippen LogP contribution < -0.4 is 21.0 Å². The molecule has 0 saturated carbocycles. The van der Waals surface area contributed by atoms with Gasteiger partial charge in [0.2, 0.25) is 0 Å². The van der Waals surface area contributed by atoms with Crippen LogP contribution in [0.3, 0.4) is 0 Å². The topological polar surface area (TPSA) is 61.3 Å². The average Bonchev–Trinajstić information content (AvgIpc) is 2.61. The predicted molar refractivity (Wildman–Crippen MR) is 92.9 cm³/mol. The molecule has 1 aromatic heterocycles. The Kier molecular flexibility index (Phi) is 4.80. The Hall–Kier alpha value is -2.71. The van der Waals surface area contributed by atoms with E-state index in [1.54, 1.807) is 13.0 Å². The zero-order chi connectivity index (χ0) is 18.9. The zero-order valence-electron chi connectivity index (χ0n) is 14.2. The molecule has 0 bridgehead atoms. The molecule has 1 aromatic carbocycles. The number of hydrogen-bond donors (Lipinski definition) is 1. The Labute approximate surface area is 147 Å². The summed E-state index contributed by atoms with van der Waals surface area (Å²) in [6.45, 7) is 3.95. The lowest BCUT2D eigenvalue weighted by molar-refractivity contribution is -0.137. The number of nitrogens with one attached hydrogen (secondary N) is 1. The van der Waals surface area contributed by atoms with Gasteiger partial charge in [0.05, 0.1) is 5.56 Å². The SMILES string of the molecule is CCn1c(=O)cc(N2CCN(c3cccc(C(F)(F)F)c3)CC2)[nH]c1=O. The van der Waals surface area contributed by atoms with E-state index in [1.807, 2.05) is 9.80 Å². The zero-order valence-corrected chi connectivity index (χ0v) is 14.2. The van der Waals surface area contributed by atoms with Crippen molar-refractivity contribution >= 4 is 11.5 Å². The number of hydrogen-bond acceptors (Lipinski definition) is 4. The number of aromatic nitrogens is 2. The monoisotopic (exact) mass is 368 g/mol. The Morgan fingerprint density at radius 3 is 2.27 bits per heavy atom. The molecule has 0 aliphatic carbocycles. The molecule has 2 heterocycles. The van der Waals surface area contributed by atoms with Crippen LogP contribution in [0.5, 0.6) is 0 Å². The molecule has 0 atom stereocenters. The molecule has 1 saturated heterocycles. The van der Waals surface area contributed by atoms with Gasteiger partial charge in [0.25, 0.3) is 5.56 Å².